The summed E-state index contributed by atoms with van der Waals surface area (Å²) in [5.74, 6) is 0.413. The van der Waals surface area contributed by atoms with E-state index >= 15 is 0 Å². The highest BCUT2D eigenvalue weighted by Gasteiger charge is 2.07. The highest BCUT2D eigenvalue weighted by atomic mass is 32.1. The van der Waals surface area contributed by atoms with Crippen LogP contribution in [0.25, 0.3) is 11.4 Å². The molecule has 2 aromatic rings. The van der Waals surface area contributed by atoms with E-state index in [1.54, 1.807) is 13.0 Å². The summed E-state index contributed by atoms with van der Waals surface area (Å²) in [5.41, 5.74) is 1.39. The number of aromatic nitrogens is 2. The minimum Gasteiger partial charge on any atom is -0.221 e. The van der Waals surface area contributed by atoms with Crippen LogP contribution in [0.15, 0.2) is 18.2 Å². The van der Waals surface area contributed by atoms with Gasteiger partial charge in [-0.2, -0.15) is 4.37 Å². The van der Waals surface area contributed by atoms with Crippen molar-refractivity contribution in [1.82, 2.24) is 9.36 Å². The Balaban J connectivity index is 2.40. The van der Waals surface area contributed by atoms with Crippen molar-refractivity contribution in [2.45, 2.75) is 13.2 Å². The Bertz CT molecular complexity index is 484. The Morgan fingerprint density at radius 2 is 2.27 bits per heavy atom. The van der Waals surface area contributed by atoms with E-state index in [2.05, 4.69) is 9.36 Å². The average Bonchev–Trinajstić information content (AvgIpc) is 2.70. The Hall–Kier alpha value is -1.23. The van der Waals surface area contributed by atoms with E-state index in [1.165, 1.54) is 17.6 Å². The summed E-state index contributed by atoms with van der Waals surface area (Å²) in [6.45, 7) is 1.74. The fourth-order valence-corrected chi connectivity index (χ4v) is 1.84. The van der Waals surface area contributed by atoms with Gasteiger partial charge in [0.15, 0.2) is 5.82 Å². The number of hydrogen-bond acceptors (Lipinski definition) is 3. The molecule has 0 amide bonds. The number of nitrogens with zero attached hydrogens (tertiary/aromatic N) is 2. The summed E-state index contributed by atoms with van der Waals surface area (Å²) >= 11 is 1.37. The SMILES string of the molecule is BCc1nc(-c2ccc(C)c(F)c2)ns1. The molecule has 0 radical (unpaired) electrons. The standard InChI is InChI=1S/C10H10BFN2S/c1-6-2-3-7(4-8(6)12)10-13-9(5-11)15-14-10/h2-4H,5,11H2,1H3. The Labute approximate surface area is 92.8 Å². The summed E-state index contributed by atoms with van der Waals surface area (Å²) in [5, 5.41) is 0.978. The zero-order chi connectivity index (χ0) is 10.8. The molecule has 5 heteroatoms. The number of halogens is 1. The molecule has 0 saturated heterocycles. The maximum absolute atomic E-state index is 13.3. The molecule has 1 heterocycles. The number of rotatable bonds is 2. The second-order valence-electron chi connectivity index (χ2n) is 3.33. The summed E-state index contributed by atoms with van der Waals surface area (Å²) in [6, 6.07) is 5.08. The van der Waals surface area contributed by atoms with Gasteiger partial charge in [0.25, 0.3) is 0 Å². The van der Waals surface area contributed by atoms with Crippen LogP contribution >= 0.6 is 11.5 Å². The minimum absolute atomic E-state index is 0.208. The number of aryl methyl sites for hydroxylation is 1. The molecule has 15 heavy (non-hydrogen) atoms. The van der Waals surface area contributed by atoms with Crippen LogP contribution in [0.2, 0.25) is 0 Å². The first-order chi connectivity index (χ1) is 7.20. The normalized spacial score (nSPS) is 10.5. The smallest absolute Gasteiger partial charge is 0.173 e. The van der Waals surface area contributed by atoms with Crippen LogP contribution in [0.1, 0.15) is 10.6 Å². The van der Waals surface area contributed by atoms with E-state index in [-0.39, 0.29) is 5.82 Å². The highest BCUT2D eigenvalue weighted by Crippen LogP contribution is 2.20. The maximum atomic E-state index is 13.3. The van der Waals surface area contributed by atoms with Gasteiger partial charge in [0.05, 0.1) is 0 Å². The predicted octanol–water partition coefficient (Wildman–Crippen LogP) is 1.79. The van der Waals surface area contributed by atoms with Crippen LogP contribution in [-0.4, -0.2) is 17.2 Å². The largest absolute Gasteiger partial charge is 0.221 e. The van der Waals surface area contributed by atoms with Crippen molar-refractivity contribution in [3.63, 3.8) is 0 Å². The van der Waals surface area contributed by atoms with Crippen molar-refractivity contribution in [1.29, 1.82) is 0 Å². The van der Waals surface area contributed by atoms with Gasteiger partial charge in [-0.3, -0.25) is 0 Å². The molecule has 76 valence electrons. The Morgan fingerprint density at radius 1 is 1.47 bits per heavy atom. The lowest BCUT2D eigenvalue weighted by Crippen LogP contribution is -1.87. The molecule has 0 aliphatic rings. The minimum atomic E-state index is -0.208. The van der Waals surface area contributed by atoms with Gasteiger partial charge in [-0.25, -0.2) is 9.37 Å². The lowest BCUT2D eigenvalue weighted by molar-refractivity contribution is 0.619. The second kappa shape index (κ2) is 4.10. The first-order valence-corrected chi connectivity index (χ1v) is 5.57. The van der Waals surface area contributed by atoms with Crippen LogP contribution < -0.4 is 0 Å². The molecule has 0 atom stereocenters. The van der Waals surface area contributed by atoms with Gasteiger partial charge in [0.1, 0.15) is 18.7 Å². The van der Waals surface area contributed by atoms with E-state index in [0.29, 0.717) is 11.4 Å². The molecule has 0 aliphatic heterocycles. The topological polar surface area (TPSA) is 25.8 Å². The van der Waals surface area contributed by atoms with Crippen molar-refractivity contribution in [2.24, 2.45) is 0 Å². The van der Waals surface area contributed by atoms with Gasteiger partial charge in [0.2, 0.25) is 0 Å². The van der Waals surface area contributed by atoms with Crippen molar-refractivity contribution in [3.8, 4) is 11.4 Å². The molecule has 0 bridgehead atoms. The van der Waals surface area contributed by atoms with E-state index in [9.17, 15) is 4.39 Å². The van der Waals surface area contributed by atoms with Crippen molar-refractivity contribution < 1.29 is 4.39 Å². The zero-order valence-electron chi connectivity index (χ0n) is 8.62. The molecule has 0 spiro atoms. The monoisotopic (exact) mass is 220 g/mol. The molecule has 2 nitrogen and oxygen atoms in total. The lowest BCUT2D eigenvalue weighted by Gasteiger charge is -1.98. The van der Waals surface area contributed by atoms with E-state index < -0.39 is 0 Å². The van der Waals surface area contributed by atoms with Crippen molar-refractivity contribution in [3.05, 3.63) is 34.6 Å². The third kappa shape index (κ3) is 2.07. The summed E-state index contributed by atoms with van der Waals surface area (Å²) < 4.78 is 17.5. The van der Waals surface area contributed by atoms with Gasteiger partial charge in [-0.1, -0.05) is 12.1 Å². The van der Waals surface area contributed by atoms with Crippen LogP contribution in [0.5, 0.6) is 0 Å². The lowest BCUT2D eigenvalue weighted by atomic mass is 10.1. The molecule has 1 aromatic heterocycles. The van der Waals surface area contributed by atoms with Crippen molar-refractivity contribution in [2.75, 3.05) is 0 Å². The molecule has 0 unspecified atom stereocenters. The van der Waals surface area contributed by atoms with Gasteiger partial charge in [0, 0.05) is 5.56 Å². The van der Waals surface area contributed by atoms with E-state index in [0.717, 1.165) is 16.9 Å². The van der Waals surface area contributed by atoms with Crippen LogP contribution in [0, 0.1) is 12.7 Å². The van der Waals surface area contributed by atoms with Crippen LogP contribution in [0.3, 0.4) is 0 Å². The number of hydrogen-bond donors (Lipinski definition) is 0. The van der Waals surface area contributed by atoms with Crippen LogP contribution in [0.4, 0.5) is 4.39 Å². The Kier molecular flexibility index (Phi) is 2.82. The van der Waals surface area contributed by atoms with Gasteiger partial charge >= 0.3 is 0 Å². The molecule has 2 rings (SSSR count). The summed E-state index contributed by atoms with van der Waals surface area (Å²) in [6.07, 6.45) is 0.867. The second-order valence-corrected chi connectivity index (χ2v) is 4.17. The molecular formula is C10H10BFN2S. The molecule has 0 aliphatic carbocycles. The quantitative estimate of drug-likeness (QED) is 0.721. The fraction of sp³-hybridized carbons (Fsp3) is 0.200. The maximum Gasteiger partial charge on any atom is 0.173 e. The summed E-state index contributed by atoms with van der Waals surface area (Å²) in [7, 11) is 2.03. The van der Waals surface area contributed by atoms with Gasteiger partial charge < -0.3 is 0 Å². The molecule has 0 saturated carbocycles. The predicted molar refractivity (Wildman–Crippen MR) is 62.3 cm³/mol. The molecule has 1 aromatic carbocycles. The zero-order valence-corrected chi connectivity index (χ0v) is 9.44. The highest BCUT2D eigenvalue weighted by molar-refractivity contribution is 7.05. The first kappa shape index (κ1) is 10.3. The molecule has 0 N–H and O–H groups in total. The Morgan fingerprint density at radius 3 is 2.87 bits per heavy atom. The third-order valence-corrected chi connectivity index (χ3v) is 3.06. The average molecular weight is 220 g/mol. The third-order valence-electron chi connectivity index (χ3n) is 2.20. The van der Waals surface area contributed by atoms with E-state index in [4.69, 9.17) is 0 Å². The first-order valence-electron chi connectivity index (χ1n) is 4.80. The van der Waals surface area contributed by atoms with Crippen LogP contribution in [-0.2, 0) is 6.32 Å². The molecular weight excluding hydrogens is 210 g/mol. The van der Waals surface area contributed by atoms with E-state index in [1.807, 2.05) is 13.9 Å². The fourth-order valence-electron chi connectivity index (χ4n) is 1.25. The summed E-state index contributed by atoms with van der Waals surface area (Å²) in [4.78, 5) is 4.31. The van der Waals surface area contributed by atoms with Gasteiger partial charge in [-0.15, -0.1) is 0 Å². The number of benzene rings is 1. The van der Waals surface area contributed by atoms with Gasteiger partial charge in [-0.05, 0) is 36.4 Å². The molecule has 0 fully saturated rings. The van der Waals surface area contributed by atoms with Crippen molar-refractivity contribution >= 4 is 19.4 Å².